The molecular formula is C22H34N4O2. The van der Waals surface area contributed by atoms with Gasteiger partial charge in [0, 0.05) is 25.6 Å². The number of carbonyl (C=O) groups excluding carboxylic acids is 1. The number of aromatic nitrogens is 2. The van der Waals surface area contributed by atoms with E-state index in [1.54, 1.807) is 11.6 Å². The number of fused-ring (bicyclic) bond motifs is 1. The molecule has 0 saturated carbocycles. The van der Waals surface area contributed by atoms with Gasteiger partial charge in [-0.25, -0.2) is 10.5 Å². The first-order chi connectivity index (χ1) is 13.2. The summed E-state index contributed by atoms with van der Waals surface area (Å²) in [6.45, 7) is 14.0. The lowest BCUT2D eigenvalue weighted by molar-refractivity contribution is -0.124. The van der Waals surface area contributed by atoms with Crippen molar-refractivity contribution >= 4 is 23.0 Å². The third kappa shape index (κ3) is 6.46. The molecule has 0 spiro atoms. The standard InChI is InChI=1S/C22H34N4O2/c1-6-23-11-12-26-19-9-7-17(8-10-21(27)25-28)14-18(19)24-20(26)13-16(2)15-22(3,4)5/h7-10,14,16,23,28H,6,11-13,15H2,1-5H3,(H,25,27). The highest BCUT2D eigenvalue weighted by Gasteiger charge is 2.19. The molecule has 0 bridgehead atoms. The molecule has 0 aliphatic heterocycles. The molecule has 0 saturated heterocycles. The number of nitrogens with one attached hydrogen (secondary N) is 2. The van der Waals surface area contributed by atoms with E-state index < -0.39 is 5.91 Å². The Kier molecular flexibility index (Phi) is 7.78. The fourth-order valence-electron chi connectivity index (χ4n) is 3.71. The fourth-order valence-corrected chi connectivity index (χ4v) is 3.71. The number of nitrogens with zero attached hydrogens (tertiary/aromatic N) is 2. The highest BCUT2D eigenvalue weighted by atomic mass is 16.5. The highest BCUT2D eigenvalue weighted by molar-refractivity contribution is 5.91. The van der Waals surface area contributed by atoms with Crippen LogP contribution in [0.3, 0.4) is 0 Å². The van der Waals surface area contributed by atoms with Crippen LogP contribution in [0.2, 0.25) is 0 Å². The van der Waals surface area contributed by atoms with Crippen molar-refractivity contribution in [1.29, 1.82) is 0 Å². The SMILES string of the molecule is CCNCCn1c(CC(C)CC(C)(C)C)nc2cc(C=CC(=O)NO)ccc21. The van der Waals surface area contributed by atoms with Crippen molar-refractivity contribution in [2.75, 3.05) is 13.1 Å². The Morgan fingerprint density at radius 3 is 2.75 bits per heavy atom. The van der Waals surface area contributed by atoms with E-state index in [0.29, 0.717) is 11.3 Å². The van der Waals surface area contributed by atoms with Crippen molar-refractivity contribution in [3.63, 3.8) is 0 Å². The fraction of sp³-hybridized carbons (Fsp3) is 0.545. The molecule has 1 unspecified atom stereocenters. The van der Waals surface area contributed by atoms with Crippen LogP contribution in [0.25, 0.3) is 17.1 Å². The molecule has 0 fully saturated rings. The third-order valence-electron chi connectivity index (χ3n) is 4.64. The minimum atomic E-state index is -0.548. The van der Waals surface area contributed by atoms with E-state index in [9.17, 15) is 4.79 Å². The van der Waals surface area contributed by atoms with Crippen molar-refractivity contribution in [1.82, 2.24) is 20.3 Å². The predicted molar refractivity (Wildman–Crippen MR) is 114 cm³/mol. The summed E-state index contributed by atoms with van der Waals surface area (Å²) in [6.07, 6.45) is 5.06. The number of rotatable bonds is 9. The molecule has 1 amide bonds. The molecule has 28 heavy (non-hydrogen) atoms. The van der Waals surface area contributed by atoms with Gasteiger partial charge < -0.3 is 9.88 Å². The van der Waals surface area contributed by atoms with Crippen LogP contribution in [0.4, 0.5) is 0 Å². The van der Waals surface area contributed by atoms with Gasteiger partial charge in [-0.2, -0.15) is 0 Å². The van der Waals surface area contributed by atoms with Crippen molar-refractivity contribution in [2.24, 2.45) is 11.3 Å². The Hall–Kier alpha value is -2.18. The summed E-state index contributed by atoms with van der Waals surface area (Å²) in [4.78, 5) is 16.1. The topological polar surface area (TPSA) is 79.2 Å². The summed E-state index contributed by atoms with van der Waals surface area (Å²) < 4.78 is 2.31. The maximum absolute atomic E-state index is 11.2. The van der Waals surface area contributed by atoms with Crippen molar-refractivity contribution in [2.45, 2.75) is 54.0 Å². The van der Waals surface area contributed by atoms with Gasteiger partial charge >= 0.3 is 0 Å². The van der Waals surface area contributed by atoms with Crippen LogP contribution in [-0.2, 0) is 17.8 Å². The Morgan fingerprint density at radius 2 is 2.11 bits per heavy atom. The van der Waals surface area contributed by atoms with Gasteiger partial charge in [0.1, 0.15) is 5.82 Å². The first-order valence-electron chi connectivity index (χ1n) is 10.1. The van der Waals surface area contributed by atoms with Gasteiger partial charge in [-0.05, 0) is 48.1 Å². The van der Waals surface area contributed by atoms with E-state index in [0.717, 1.165) is 54.9 Å². The molecule has 0 aliphatic carbocycles. The normalized spacial score (nSPS) is 13.4. The molecule has 0 radical (unpaired) electrons. The number of carbonyl (C=O) groups is 1. The second-order valence-electron chi connectivity index (χ2n) is 8.66. The van der Waals surface area contributed by atoms with Gasteiger partial charge in [0.25, 0.3) is 5.91 Å². The lowest BCUT2D eigenvalue weighted by Crippen LogP contribution is -2.21. The van der Waals surface area contributed by atoms with Crippen LogP contribution in [0.15, 0.2) is 24.3 Å². The maximum Gasteiger partial charge on any atom is 0.267 e. The zero-order valence-electron chi connectivity index (χ0n) is 17.7. The second-order valence-corrected chi connectivity index (χ2v) is 8.66. The third-order valence-corrected chi connectivity index (χ3v) is 4.64. The number of likely N-dealkylation sites (N-methyl/N-ethyl adjacent to an activating group) is 1. The van der Waals surface area contributed by atoms with Gasteiger partial charge in [0.05, 0.1) is 11.0 Å². The van der Waals surface area contributed by atoms with Crippen LogP contribution in [0.5, 0.6) is 0 Å². The molecule has 2 rings (SSSR count). The molecule has 0 aliphatic rings. The molecule has 1 heterocycles. The highest BCUT2D eigenvalue weighted by Crippen LogP contribution is 2.27. The molecule has 1 aromatic heterocycles. The number of hydroxylamine groups is 1. The lowest BCUT2D eigenvalue weighted by atomic mass is 9.84. The Labute approximate surface area is 168 Å². The first-order valence-corrected chi connectivity index (χ1v) is 10.1. The van der Waals surface area contributed by atoms with E-state index in [1.807, 2.05) is 12.1 Å². The molecule has 3 N–H and O–H groups in total. The van der Waals surface area contributed by atoms with Gasteiger partial charge in [0.2, 0.25) is 0 Å². The number of benzene rings is 1. The van der Waals surface area contributed by atoms with E-state index in [4.69, 9.17) is 10.2 Å². The van der Waals surface area contributed by atoms with Crippen molar-refractivity contribution in [3.8, 4) is 0 Å². The number of hydrogen-bond acceptors (Lipinski definition) is 4. The van der Waals surface area contributed by atoms with E-state index in [-0.39, 0.29) is 0 Å². The van der Waals surface area contributed by atoms with E-state index in [2.05, 4.69) is 50.6 Å². The molecule has 6 heteroatoms. The lowest BCUT2D eigenvalue weighted by Gasteiger charge is -2.23. The summed E-state index contributed by atoms with van der Waals surface area (Å²) in [6, 6.07) is 6.01. The van der Waals surface area contributed by atoms with E-state index in [1.165, 1.54) is 6.08 Å². The maximum atomic E-state index is 11.2. The second kappa shape index (κ2) is 9.85. The molecule has 2 aromatic rings. The van der Waals surface area contributed by atoms with Gasteiger partial charge in [-0.15, -0.1) is 0 Å². The number of imidazole rings is 1. The predicted octanol–water partition coefficient (Wildman–Crippen LogP) is 3.78. The average Bonchev–Trinajstić information content (AvgIpc) is 2.94. The van der Waals surface area contributed by atoms with Gasteiger partial charge in [0.15, 0.2) is 0 Å². The van der Waals surface area contributed by atoms with Crippen LogP contribution < -0.4 is 10.8 Å². The van der Waals surface area contributed by atoms with Crippen LogP contribution in [-0.4, -0.2) is 33.8 Å². The minimum absolute atomic E-state index is 0.297. The molecule has 1 aromatic carbocycles. The Bertz CT molecular complexity index is 818. The Balaban J connectivity index is 2.32. The van der Waals surface area contributed by atoms with Crippen LogP contribution in [0.1, 0.15) is 52.4 Å². The van der Waals surface area contributed by atoms with Crippen molar-refractivity contribution in [3.05, 3.63) is 35.7 Å². The van der Waals surface area contributed by atoms with Crippen molar-refractivity contribution < 1.29 is 10.0 Å². The molecular weight excluding hydrogens is 352 g/mol. The molecule has 6 nitrogen and oxygen atoms in total. The quantitative estimate of drug-likeness (QED) is 0.265. The smallest absolute Gasteiger partial charge is 0.267 e. The number of hydrogen-bond donors (Lipinski definition) is 3. The molecule has 154 valence electrons. The first kappa shape index (κ1) is 22.1. The Morgan fingerprint density at radius 1 is 1.36 bits per heavy atom. The summed E-state index contributed by atoms with van der Waals surface area (Å²) in [7, 11) is 0. The summed E-state index contributed by atoms with van der Waals surface area (Å²) in [5.74, 6) is 1.11. The van der Waals surface area contributed by atoms with Gasteiger partial charge in [-0.3, -0.25) is 10.0 Å². The van der Waals surface area contributed by atoms with Gasteiger partial charge in [-0.1, -0.05) is 40.7 Å². The van der Waals surface area contributed by atoms with E-state index >= 15 is 0 Å². The number of amides is 1. The molecule has 1 atom stereocenters. The zero-order chi connectivity index (χ0) is 20.7. The zero-order valence-corrected chi connectivity index (χ0v) is 17.7. The summed E-state index contributed by atoms with van der Waals surface area (Å²) >= 11 is 0. The largest absolute Gasteiger partial charge is 0.327 e. The van der Waals surface area contributed by atoms with Crippen LogP contribution >= 0.6 is 0 Å². The minimum Gasteiger partial charge on any atom is -0.327 e. The average molecular weight is 387 g/mol. The summed E-state index contributed by atoms with van der Waals surface area (Å²) in [5, 5.41) is 12.0. The summed E-state index contributed by atoms with van der Waals surface area (Å²) in [5.41, 5.74) is 4.82. The monoisotopic (exact) mass is 386 g/mol. The van der Waals surface area contributed by atoms with Crippen LogP contribution in [0, 0.1) is 11.3 Å².